The SMILES string of the molecule is CC1(C)c2ccccc2-c2cc3c4ccccc4n(-c4nccc(-c5ccc(-c6cccc7c6sc6ccccc67)cc5)n4)c3cc21. The van der Waals surface area contributed by atoms with Gasteiger partial charge < -0.3 is 0 Å². The molecule has 0 atom stereocenters. The molecule has 6 aromatic carbocycles. The van der Waals surface area contributed by atoms with Crippen molar-refractivity contribution in [1.29, 1.82) is 0 Å². The van der Waals surface area contributed by atoms with Gasteiger partial charge in [0.1, 0.15) is 0 Å². The average molecular weight is 620 g/mol. The van der Waals surface area contributed by atoms with Crippen LogP contribution in [-0.4, -0.2) is 14.5 Å². The molecule has 0 unspecified atom stereocenters. The summed E-state index contributed by atoms with van der Waals surface area (Å²) in [5, 5.41) is 5.07. The summed E-state index contributed by atoms with van der Waals surface area (Å²) in [6.45, 7) is 4.66. The summed E-state index contributed by atoms with van der Waals surface area (Å²) in [6.07, 6.45) is 1.89. The van der Waals surface area contributed by atoms with Gasteiger partial charge in [-0.3, -0.25) is 4.57 Å². The third-order valence-electron chi connectivity index (χ3n) is 10.1. The highest BCUT2D eigenvalue weighted by molar-refractivity contribution is 7.26. The van der Waals surface area contributed by atoms with E-state index in [1.165, 1.54) is 64.3 Å². The molecule has 1 aliphatic carbocycles. The van der Waals surface area contributed by atoms with E-state index >= 15 is 0 Å². The van der Waals surface area contributed by atoms with Crippen LogP contribution in [0, 0.1) is 0 Å². The van der Waals surface area contributed by atoms with E-state index in [0.717, 1.165) is 22.3 Å². The first-order valence-electron chi connectivity index (χ1n) is 16.1. The summed E-state index contributed by atoms with van der Waals surface area (Å²) in [5.41, 5.74) is 12.0. The van der Waals surface area contributed by atoms with E-state index in [9.17, 15) is 0 Å². The minimum absolute atomic E-state index is 0.0912. The van der Waals surface area contributed by atoms with Crippen molar-refractivity contribution in [2.45, 2.75) is 19.3 Å². The molecule has 0 spiro atoms. The second kappa shape index (κ2) is 9.71. The van der Waals surface area contributed by atoms with Gasteiger partial charge in [-0.2, -0.15) is 0 Å². The van der Waals surface area contributed by atoms with Crippen LogP contribution in [0.1, 0.15) is 25.0 Å². The summed E-state index contributed by atoms with van der Waals surface area (Å²) in [5.74, 6) is 0.682. The third-order valence-corrected chi connectivity index (χ3v) is 11.3. The molecular formula is C43H29N3S. The molecule has 0 saturated carbocycles. The van der Waals surface area contributed by atoms with Crippen LogP contribution in [-0.2, 0) is 5.41 Å². The summed E-state index contributed by atoms with van der Waals surface area (Å²) in [6, 6.07) is 48.3. The number of hydrogen-bond donors (Lipinski definition) is 0. The Hall–Kier alpha value is -5.58. The highest BCUT2D eigenvalue weighted by Crippen LogP contribution is 2.51. The predicted octanol–water partition coefficient (Wildman–Crippen LogP) is 11.6. The molecule has 0 fully saturated rings. The number of thiophene rings is 1. The van der Waals surface area contributed by atoms with E-state index < -0.39 is 0 Å². The van der Waals surface area contributed by atoms with Crippen LogP contribution in [0.4, 0.5) is 0 Å². The lowest BCUT2D eigenvalue weighted by Gasteiger charge is -2.21. The topological polar surface area (TPSA) is 30.7 Å². The zero-order valence-electron chi connectivity index (χ0n) is 26.0. The Morgan fingerprint density at radius 2 is 1.28 bits per heavy atom. The van der Waals surface area contributed by atoms with Crippen LogP contribution < -0.4 is 0 Å². The van der Waals surface area contributed by atoms with Crippen LogP contribution in [0.2, 0.25) is 0 Å². The molecule has 47 heavy (non-hydrogen) atoms. The third kappa shape index (κ3) is 3.79. The van der Waals surface area contributed by atoms with Gasteiger partial charge in [0, 0.05) is 48.1 Å². The van der Waals surface area contributed by atoms with Gasteiger partial charge in [0.2, 0.25) is 5.95 Å². The minimum Gasteiger partial charge on any atom is -0.278 e. The molecule has 0 radical (unpaired) electrons. The van der Waals surface area contributed by atoms with Crippen molar-refractivity contribution in [3.05, 3.63) is 151 Å². The van der Waals surface area contributed by atoms with Crippen LogP contribution >= 0.6 is 11.3 Å². The van der Waals surface area contributed by atoms with E-state index in [1.807, 2.05) is 23.6 Å². The van der Waals surface area contributed by atoms with E-state index in [0.29, 0.717) is 5.95 Å². The molecule has 0 N–H and O–H groups in total. The highest BCUT2D eigenvalue weighted by atomic mass is 32.1. The maximum absolute atomic E-state index is 5.19. The molecular weight excluding hydrogens is 591 g/mol. The number of hydrogen-bond acceptors (Lipinski definition) is 3. The van der Waals surface area contributed by atoms with Gasteiger partial charge in [0.15, 0.2) is 0 Å². The predicted molar refractivity (Wildman–Crippen MR) is 198 cm³/mol. The molecule has 3 nitrogen and oxygen atoms in total. The van der Waals surface area contributed by atoms with Crippen molar-refractivity contribution < 1.29 is 0 Å². The van der Waals surface area contributed by atoms with Crippen molar-refractivity contribution in [2.24, 2.45) is 0 Å². The van der Waals surface area contributed by atoms with E-state index in [4.69, 9.17) is 9.97 Å². The molecule has 0 saturated heterocycles. The van der Waals surface area contributed by atoms with Crippen molar-refractivity contribution in [3.8, 4) is 39.5 Å². The Morgan fingerprint density at radius 1 is 0.553 bits per heavy atom. The molecule has 3 heterocycles. The molecule has 0 amide bonds. The fourth-order valence-corrected chi connectivity index (χ4v) is 9.03. The molecule has 1 aliphatic rings. The Morgan fingerprint density at radius 3 is 2.17 bits per heavy atom. The number of aromatic nitrogens is 3. The van der Waals surface area contributed by atoms with Crippen molar-refractivity contribution in [3.63, 3.8) is 0 Å². The Bertz CT molecular complexity index is 2710. The largest absolute Gasteiger partial charge is 0.278 e. The van der Waals surface area contributed by atoms with Gasteiger partial charge in [-0.1, -0.05) is 117 Å². The summed E-state index contributed by atoms with van der Waals surface area (Å²) < 4.78 is 4.89. The van der Waals surface area contributed by atoms with E-state index in [-0.39, 0.29) is 5.41 Å². The second-order valence-electron chi connectivity index (χ2n) is 13.0. The molecule has 4 heteroatoms. The Kier molecular flexibility index (Phi) is 5.50. The quantitative estimate of drug-likeness (QED) is 0.197. The Labute approximate surface area is 276 Å². The maximum Gasteiger partial charge on any atom is 0.235 e. The van der Waals surface area contributed by atoms with Gasteiger partial charge in [-0.05, 0) is 63.7 Å². The molecule has 0 aliphatic heterocycles. The summed E-state index contributed by atoms with van der Waals surface area (Å²) in [7, 11) is 0. The zero-order valence-corrected chi connectivity index (χ0v) is 26.8. The molecule has 10 rings (SSSR count). The first-order chi connectivity index (χ1) is 23.1. The van der Waals surface area contributed by atoms with Crippen LogP contribution in [0.3, 0.4) is 0 Å². The van der Waals surface area contributed by atoms with Gasteiger partial charge in [0.25, 0.3) is 0 Å². The highest BCUT2D eigenvalue weighted by Gasteiger charge is 2.36. The monoisotopic (exact) mass is 619 g/mol. The standard InChI is InChI=1S/C43H29N3S/c1-43(2)35-15-6-3-10-29(35)33-24-34-30-11-4-7-16-38(30)46(39(34)25-36(33)43)42-44-23-22-37(45-42)27-20-18-26(19-21-27)28-13-9-14-32-31-12-5-8-17-40(31)47-41(28)32/h3-25H,1-2H3. The molecule has 3 aromatic heterocycles. The fourth-order valence-electron chi connectivity index (χ4n) is 7.79. The van der Waals surface area contributed by atoms with Gasteiger partial charge >= 0.3 is 0 Å². The number of nitrogens with zero attached hydrogens (tertiary/aromatic N) is 3. The van der Waals surface area contributed by atoms with E-state index in [2.05, 4.69) is 146 Å². The summed E-state index contributed by atoms with van der Waals surface area (Å²) >= 11 is 1.87. The lowest BCUT2D eigenvalue weighted by Crippen LogP contribution is -2.15. The fraction of sp³-hybridized carbons (Fsp3) is 0.0698. The number of fused-ring (bicyclic) bond motifs is 9. The van der Waals surface area contributed by atoms with Crippen LogP contribution in [0.15, 0.2) is 140 Å². The first-order valence-corrected chi connectivity index (χ1v) is 16.9. The summed E-state index contributed by atoms with van der Waals surface area (Å²) in [4.78, 5) is 10.0. The van der Waals surface area contributed by atoms with E-state index in [1.54, 1.807) is 0 Å². The van der Waals surface area contributed by atoms with Crippen LogP contribution in [0.25, 0.3) is 81.4 Å². The minimum atomic E-state index is -0.0912. The van der Waals surface area contributed by atoms with Crippen molar-refractivity contribution in [1.82, 2.24) is 14.5 Å². The second-order valence-corrected chi connectivity index (χ2v) is 14.1. The number of benzene rings is 6. The lowest BCUT2D eigenvalue weighted by molar-refractivity contribution is 0.661. The van der Waals surface area contributed by atoms with Gasteiger partial charge in [-0.15, -0.1) is 11.3 Å². The molecule has 0 bridgehead atoms. The molecule has 222 valence electrons. The normalized spacial score (nSPS) is 13.5. The van der Waals surface area contributed by atoms with Crippen LogP contribution in [0.5, 0.6) is 0 Å². The maximum atomic E-state index is 5.19. The zero-order chi connectivity index (χ0) is 31.3. The first kappa shape index (κ1) is 26.6. The Balaban J connectivity index is 1.10. The molecule has 9 aromatic rings. The van der Waals surface area contributed by atoms with Crippen molar-refractivity contribution >= 4 is 53.3 Å². The number of rotatable bonds is 3. The number of para-hydroxylation sites is 1. The van der Waals surface area contributed by atoms with Crippen molar-refractivity contribution in [2.75, 3.05) is 0 Å². The smallest absolute Gasteiger partial charge is 0.235 e. The lowest BCUT2D eigenvalue weighted by atomic mass is 9.82. The van der Waals surface area contributed by atoms with Gasteiger partial charge in [-0.25, -0.2) is 9.97 Å². The van der Waals surface area contributed by atoms with Gasteiger partial charge in [0.05, 0.1) is 16.7 Å². The average Bonchev–Trinajstić information content (AvgIpc) is 3.73.